The molecule has 0 fully saturated rings. The third-order valence-corrected chi connectivity index (χ3v) is 2.61. The van der Waals surface area contributed by atoms with Gasteiger partial charge in [-0.15, -0.1) is 0 Å². The number of aldehydes is 1. The fourth-order valence-corrected chi connectivity index (χ4v) is 1.67. The molecule has 0 aliphatic carbocycles. The standard InChI is InChI=1S/C14H18N2O6/c1-3-5-15-13(18)9-22-14-11(16(19)20)6-10(8-17)7-12(14)21-4-2/h6-8H,3-5,9H2,1-2H3,(H,15,18). The van der Waals surface area contributed by atoms with E-state index in [0.717, 1.165) is 12.5 Å². The Balaban J connectivity index is 3.05. The van der Waals surface area contributed by atoms with Gasteiger partial charge in [-0.1, -0.05) is 6.92 Å². The molecular formula is C14H18N2O6. The summed E-state index contributed by atoms with van der Waals surface area (Å²) in [6, 6.07) is 2.41. The molecule has 1 amide bonds. The van der Waals surface area contributed by atoms with Crippen molar-refractivity contribution in [2.75, 3.05) is 19.8 Å². The number of ether oxygens (including phenoxy) is 2. The Morgan fingerprint density at radius 1 is 1.36 bits per heavy atom. The molecule has 1 N–H and O–H groups in total. The normalized spacial score (nSPS) is 9.91. The average Bonchev–Trinajstić information content (AvgIpc) is 2.50. The van der Waals surface area contributed by atoms with E-state index in [0.29, 0.717) is 12.8 Å². The van der Waals surface area contributed by atoms with Crippen LogP contribution in [0.15, 0.2) is 12.1 Å². The van der Waals surface area contributed by atoms with Crippen molar-refractivity contribution in [1.82, 2.24) is 5.32 Å². The summed E-state index contributed by atoms with van der Waals surface area (Å²) in [7, 11) is 0. The summed E-state index contributed by atoms with van der Waals surface area (Å²) in [5.74, 6) is -0.496. The van der Waals surface area contributed by atoms with Gasteiger partial charge in [0.05, 0.1) is 11.5 Å². The third-order valence-electron chi connectivity index (χ3n) is 2.61. The number of amides is 1. The molecule has 0 saturated carbocycles. The highest BCUT2D eigenvalue weighted by molar-refractivity contribution is 5.80. The second-order valence-corrected chi connectivity index (χ2v) is 4.31. The first-order chi connectivity index (χ1) is 10.5. The minimum Gasteiger partial charge on any atom is -0.490 e. The van der Waals surface area contributed by atoms with Crippen molar-refractivity contribution in [2.24, 2.45) is 0 Å². The monoisotopic (exact) mass is 310 g/mol. The first kappa shape index (κ1) is 17.4. The summed E-state index contributed by atoms with van der Waals surface area (Å²) in [6.07, 6.45) is 1.25. The van der Waals surface area contributed by atoms with Crippen LogP contribution in [0.3, 0.4) is 0 Å². The molecule has 0 radical (unpaired) electrons. The Bertz CT molecular complexity index is 559. The van der Waals surface area contributed by atoms with E-state index in [-0.39, 0.29) is 30.3 Å². The number of nitro benzene ring substituents is 1. The molecule has 0 saturated heterocycles. The van der Waals surface area contributed by atoms with Crippen LogP contribution in [0.2, 0.25) is 0 Å². The van der Waals surface area contributed by atoms with E-state index in [1.54, 1.807) is 6.92 Å². The Morgan fingerprint density at radius 2 is 2.09 bits per heavy atom. The molecule has 1 rings (SSSR count). The molecule has 0 aromatic heterocycles. The van der Waals surface area contributed by atoms with Crippen LogP contribution in [0.5, 0.6) is 11.5 Å². The van der Waals surface area contributed by atoms with Crippen LogP contribution >= 0.6 is 0 Å². The highest BCUT2D eigenvalue weighted by Gasteiger charge is 2.23. The maximum absolute atomic E-state index is 11.5. The average molecular weight is 310 g/mol. The summed E-state index contributed by atoms with van der Waals surface area (Å²) in [4.78, 5) is 32.8. The van der Waals surface area contributed by atoms with Gasteiger partial charge in [-0.3, -0.25) is 19.7 Å². The van der Waals surface area contributed by atoms with Gasteiger partial charge in [0.2, 0.25) is 5.75 Å². The van der Waals surface area contributed by atoms with Gasteiger partial charge in [0, 0.05) is 18.2 Å². The smallest absolute Gasteiger partial charge is 0.315 e. The highest BCUT2D eigenvalue weighted by Crippen LogP contribution is 2.38. The van der Waals surface area contributed by atoms with E-state index in [2.05, 4.69) is 5.32 Å². The second kappa shape index (κ2) is 8.60. The number of carbonyl (C=O) groups is 2. The predicted octanol–water partition coefficient (Wildman–Crippen LogP) is 1.71. The number of carbonyl (C=O) groups excluding carboxylic acids is 2. The summed E-state index contributed by atoms with van der Waals surface area (Å²) in [6.45, 7) is 3.94. The third kappa shape index (κ3) is 4.72. The van der Waals surface area contributed by atoms with Crippen molar-refractivity contribution in [1.29, 1.82) is 0 Å². The van der Waals surface area contributed by atoms with Gasteiger partial charge >= 0.3 is 5.69 Å². The number of nitrogens with zero attached hydrogens (tertiary/aromatic N) is 1. The van der Waals surface area contributed by atoms with E-state index in [1.807, 2.05) is 6.92 Å². The number of hydrogen-bond donors (Lipinski definition) is 1. The molecule has 8 nitrogen and oxygen atoms in total. The number of benzene rings is 1. The molecule has 0 aliphatic heterocycles. The molecule has 22 heavy (non-hydrogen) atoms. The van der Waals surface area contributed by atoms with Crippen molar-refractivity contribution in [3.8, 4) is 11.5 Å². The summed E-state index contributed by atoms with van der Waals surface area (Å²) < 4.78 is 10.5. The minimum atomic E-state index is -0.686. The maximum atomic E-state index is 11.5. The second-order valence-electron chi connectivity index (χ2n) is 4.31. The lowest BCUT2D eigenvalue weighted by molar-refractivity contribution is -0.385. The van der Waals surface area contributed by atoms with Crippen molar-refractivity contribution in [3.05, 3.63) is 27.8 Å². The zero-order valence-corrected chi connectivity index (χ0v) is 12.5. The molecule has 0 bridgehead atoms. The predicted molar refractivity (Wildman–Crippen MR) is 78.4 cm³/mol. The fraction of sp³-hybridized carbons (Fsp3) is 0.429. The van der Waals surface area contributed by atoms with Crippen LogP contribution in [-0.4, -0.2) is 36.9 Å². The molecular weight excluding hydrogens is 292 g/mol. The van der Waals surface area contributed by atoms with Crippen LogP contribution in [0, 0.1) is 10.1 Å². The fourth-order valence-electron chi connectivity index (χ4n) is 1.67. The van der Waals surface area contributed by atoms with Crippen LogP contribution in [-0.2, 0) is 4.79 Å². The topological polar surface area (TPSA) is 108 Å². The van der Waals surface area contributed by atoms with Gasteiger partial charge in [0.25, 0.3) is 5.91 Å². The highest BCUT2D eigenvalue weighted by atomic mass is 16.6. The lowest BCUT2D eigenvalue weighted by atomic mass is 10.2. The zero-order chi connectivity index (χ0) is 16.5. The van der Waals surface area contributed by atoms with E-state index < -0.39 is 16.5 Å². The molecule has 120 valence electrons. The van der Waals surface area contributed by atoms with Gasteiger partial charge < -0.3 is 14.8 Å². The molecule has 0 atom stereocenters. The first-order valence-electron chi connectivity index (χ1n) is 6.83. The molecule has 0 heterocycles. The minimum absolute atomic E-state index is 0.0575. The van der Waals surface area contributed by atoms with Crippen molar-refractivity contribution < 1.29 is 24.0 Å². The van der Waals surface area contributed by atoms with E-state index in [9.17, 15) is 19.7 Å². The lowest BCUT2D eigenvalue weighted by Crippen LogP contribution is -2.29. The summed E-state index contributed by atoms with van der Waals surface area (Å²) >= 11 is 0. The maximum Gasteiger partial charge on any atom is 0.315 e. The van der Waals surface area contributed by atoms with Crippen LogP contribution in [0.1, 0.15) is 30.6 Å². The molecule has 1 aromatic rings. The molecule has 0 unspecified atom stereocenters. The summed E-state index contributed by atoms with van der Waals surface area (Å²) in [5.41, 5.74) is -0.325. The van der Waals surface area contributed by atoms with Gasteiger partial charge in [0.15, 0.2) is 12.4 Å². The first-order valence-corrected chi connectivity index (χ1v) is 6.83. The van der Waals surface area contributed by atoms with Gasteiger partial charge in [-0.05, 0) is 19.4 Å². The number of nitro groups is 1. The van der Waals surface area contributed by atoms with Crippen LogP contribution in [0.4, 0.5) is 5.69 Å². The molecule has 0 aliphatic rings. The summed E-state index contributed by atoms with van der Waals surface area (Å²) in [5, 5.41) is 13.7. The lowest BCUT2D eigenvalue weighted by Gasteiger charge is -2.12. The number of nitrogens with one attached hydrogen (secondary N) is 1. The Kier molecular flexibility index (Phi) is 6.81. The van der Waals surface area contributed by atoms with E-state index in [4.69, 9.17) is 9.47 Å². The van der Waals surface area contributed by atoms with Gasteiger partial charge in [-0.25, -0.2) is 0 Å². The van der Waals surface area contributed by atoms with Gasteiger partial charge in [0.1, 0.15) is 6.29 Å². The molecule has 1 aromatic carbocycles. The Hall–Kier alpha value is -2.64. The van der Waals surface area contributed by atoms with Crippen molar-refractivity contribution in [2.45, 2.75) is 20.3 Å². The van der Waals surface area contributed by atoms with Crippen LogP contribution < -0.4 is 14.8 Å². The Morgan fingerprint density at radius 3 is 2.64 bits per heavy atom. The molecule has 8 heteroatoms. The molecule has 0 spiro atoms. The van der Waals surface area contributed by atoms with E-state index in [1.165, 1.54) is 6.07 Å². The zero-order valence-electron chi connectivity index (χ0n) is 12.5. The number of hydrogen-bond acceptors (Lipinski definition) is 6. The largest absolute Gasteiger partial charge is 0.490 e. The van der Waals surface area contributed by atoms with Gasteiger partial charge in [-0.2, -0.15) is 0 Å². The van der Waals surface area contributed by atoms with Crippen LogP contribution in [0.25, 0.3) is 0 Å². The number of rotatable bonds is 9. The Labute approximate surface area is 127 Å². The van der Waals surface area contributed by atoms with E-state index >= 15 is 0 Å². The van der Waals surface area contributed by atoms with Crippen molar-refractivity contribution >= 4 is 17.9 Å². The quantitative estimate of drug-likeness (QED) is 0.422. The van der Waals surface area contributed by atoms with Crippen molar-refractivity contribution in [3.63, 3.8) is 0 Å². The SMILES string of the molecule is CCCNC(=O)COc1c(OCC)cc(C=O)cc1[N+](=O)[O-].